The Hall–Kier alpha value is 0.380. The van der Waals surface area contributed by atoms with Crippen LogP contribution in [-0.2, 0) is 19.6 Å². The SMILES string of the molecule is CCCCC(CC)CCCC(CC(=O)OCC(CC)CCCC)S(=O)(=O)[O-].[Na+]. The van der Waals surface area contributed by atoms with Crippen molar-refractivity contribution in [3.63, 3.8) is 0 Å². The van der Waals surface area contributed by atoms with Crippen LogP contribution in [0, 0.1) is 11.8 Å². The largest absolute Gasteiger partial charge is 1.00 e. The number of hydrogen-bond donors (Lipinski definition) is 0. The van der Waals surface area contributed by atoms with Crippen LogP contribution in [0.25, 0.3) is 0 Å². The maximum absolute atomic E-state index is 12.1. The number of unbranched alkanes of at least 4 members (excludes halogenated alkanes) is 2. The molecule has 5 nitrogen and oxygen atoms in total. The third-order valence-corrected chi connectivity index (χ3v) is 6.73. The summed E-state index contributed by atoms with van der Waals surface area (Å²) in [4.78, 5) is 12.1. The second-order valence-electron chi connectivity index (χ2n) is 7.77. The minimum Gasteiger partial charge on any atom is -0.748 e. The Morgan fingerprint density at radius 3 is 1.82 bits per heavy atom. The Labute approximate surface area is 195 Å². The molecular weight excluding hydrogens is 387 g/mol. The standard InChI is InChI=1S/C21H42O5S.Na/c1-5-9-12-18(7-3)14-11-15-20(27(23,24)25)16-21(22)26-17-19(8-4)13-10-6-2;/h18-20H,5-17H2,1-4H3,(H,23,24,25);/q;+1/p-1. The summed E-state index contributed by atoms with van der Waals surface area (Å²) >= 11 is 0. The predicted octanol–water partition coefficient (Wildman–Crippen LogP) is 2.44. The van der Waals surface area contributed by atoms with Crippen molar-refractivity contribution in [2.75, 3.05) is 6.61 Å². The first kappa shape index (κ1) is 30.6. The molecule has 162 valence electrons. The molecule has 0 bridgehead atoms. The first-order valence-electron chi connectivity index (χ1n) is 10.9. The van der Waals surface area contributed by atoms with E-state index in [1.165, 1.54) is 6.42 Å². The Kier molecular flexibility index (Phi) is 19.8. The van der Waals surface area contributed by atoms with Gasteiger partial charge in [0.1, 0.15) is 0 Å². The van der Waals surface area contributed by atoms with E-state index < -0.39 is 21.3 Å². The van der Waals surface area contributed by atoms with Crippen LogP contribution < -0.4 is 29.6 Å². The molecule has 28 heavy (non-hydrogen) atoms. The van der Waals surface area contributed by atoms with Crippen molar-refractivity contribution in [2.24, 2.45) is 11.8 Å². The Bertz CT molecular complexity index is 481. The predicted molar refractivity (Wildman–Crippen MR) is 110 cm³/mol. The summed E-state index contributed by atoms with van der Waals surface area (Å²) in [6.07, 6.45) is 10.1. The van der Waals surface area contributed by atoms with Gasteiger partial charge in [-0.1, -0.05) is 85.5 Å². The van der Waals surface area contributed by atoms with E-state index in [1.54, 1.807) is 0 Å². The molecule has 0 spiro atoms. The smallest absolute Gasteiger partial charge is 0.748 e. The molecular formula is C21H41NaO5S. The fraction of sp³-hybridized carbons (Fsp3) is 0.952. The molecule has 0 radical (unpaired) electrons. The van der Waals surface area contributed by atoms with Crippen molar-refractivity contribution in [3.05, 3.63) is 0 Å². The van der Waals surface area contributed by atoms with Crippen molar-refractivity contribution >= 4 is 16.1 Å². The van der Waals surface area contributed by atoms with Gasteiger partial charge in [-0.2, -0.15) is 0 Å². The summed E-state index contributed by atoms with van der Waals surface area (Å²) in [5, 5.41) is -1.16. The van der Waals surface area contributed by atoms with Crippen molar-refractivity contribution in [2.45, 2.75) is 110 Å². The summed E-state index contributed by atoms with van der Waals surface area (Å²) in [5.41, 5.74) is 0. The van der Waals surface area contributed by atoms with Crippen molar-refractivity contribution < 1.29 is 52.1 Å². The van der Waals surface area contributed by atoms with Crippen LogP contribution in [-0.4, -0.2) is 30.8 Å². The van der Waals surface area contributed by atoms with Crippen LogP contribution in [0.15, 0.2) is 0 Å². The zero-order valence-electron chi connectivity index (χ0n) is 18.9. The minimum absolute atomic E-state index is 0. The van der Waals surface area contributed by atoms with Gasteiger partial charge in [-0.05, 0) is 24.7 Å². The monoisotopic (exact) mass is 428 g/mol. The van der Waals surface area contributed by atoms with Crippen LogP contribution in [0.4, 0.5) is 0 Å². The second kappa shape index (κ2) is 18.2. The van der Waals surface area contributed by atoms with Crippen molar-refractivity contribution in [1.82, 2.24) is 0 Å². The average molecular weight is 429 g/mol. The van der Waals surface area contributed by atoms with Gasteiger partial charge in [-0.15, -0.1) is 0 Å². The molecule has 0 fully saturated rings. The van der Waals surface area contributed by atoms with E-state index in [2.05, 4.69) is 27.7 Å². The minimum atomic E-state index is -4.49. The van der Waals surface area contributed by atoms with Crippen molar-refractivity contribution in [1.29, 1.82) is 0 Å². The number of carbonyl (C=O) groups is 1. The van der Waals surface area contributed by atoms with Crippen molar-refractivity contribution in [3.8, 4) is 0 Å². The van der Waals surface area contributed by atoms with Gasteiger partial charge < -0.3 is 9.29 Å². The summed E-state index contributed by atoms with van der Waals surface area (Å²) in [6.45, 7) is 8.79. The van der Waals surface area contributed by atoms with Gasteiger partial charge in [0.2, 0.25) is 0 Å². The van der Waals surface area contributed by atoms with E-state index in [-0.39, 0.29) is 42.4 Å². The zero-order chi connectivity index (χ0) is 20.7. The van der Waals surface area contributed by atoms with E-state index in [0.717, 1.165) is 51.4 Å². The molecule has 0 heterocycles. The topological polar surface area (TPSA) is 83.5 Å². The average Bonchev–Trinajstić information content (AvgIpc) is 2.62. The number of esters is 1. The molecule has 0 aromatic rings. The normalized spacial score (nSPS) is 14.8. The maximum Gasteiger partial charge on any atom is 1.00 e. The van der Waals surface area contributed by atoms with E-state index >= 15 is 0 Å². The van der Waals surface area contributed by atoms with Crippen LogP contribution in [0.2, 0.25) is 0 Å². The fourth-order valence-corrected chi connectivity index (χ4v) is 4.18. The number of rotatable bonds is 17. The molecule has 0 saturated carbocycles. The Morgan fingerprint density at radius 2 is 1.36 bits per heavy atom. The first-order valence-corrected chi connectivity index (χ1v) is 12.4. The maximum atomic E-state index is 12.1. The summed E-state index contributed by atoms with van der Waals surface area (Å²) in [7, 11) is -4.49. The molecule has 3 unspecified atom stereocenters. The quantitative estimate of drug-likeness (QED) is 0.202. The second-order valence-corrected chi connectivity index (χ2v) is 9.42. The van der Waals surface area contributed by atoms with Gasteiger partial charge in [0, 0.05) is 0 Å². The summed E-state index contributed by atoms with van der Waals surface area (Å²) in [5.74, 6) is 0.309. The molecule has 0 aromatic carbocycles. The van der Waals surface area contributed by atoms with Gasteiger partial charge >= 0.3 is 35.5 Å². The van der Waals surface area contributed by atoms with Crippen LogP contribution in [0.1, 0.15) is 105 Å². The van der Waals surface area contributed by atoms with Gasteiger partial charge in [0.05, 0.1) is 28.4 Å². The fourth-order valence-electron chi connectivity index (χ4n) is 3.38. The summed E-state index contributed by atoms with van der Waals surface area (Å²) < 4.78 is 39.9. The van der Waals surface area contributed by atoms with Gasteiger partial charge in [-0.25, -0.2) is 8.42 Å². The molecule has 3 atom stereocenters. The third kappa shape index (κ3) is 15.3. The van der Waals surface area contributed by atoms with E-state index in [0.29, 0.717) is 24.9 Å². The van der Waals surface area contributed by atoms with E-state index in [4.69, 9.17) is 4.74 Å². The Balaban J connectivity index is 0. The molecule has 0 aliphatic heterocycles. The molecule has 0 N–H and O–H groups in total. The van der Waals surface area contributed by atoms with E-state index in [1.807, 2.05) is 0 Å². The molecule has 0 aromatic heterocycles. The molecule has 0 aliphatic carbocycles. The molecule has 0 saturated heterocycles. The first-order chi connectivity index (χ1) is 12.8. The van der Waals surface area contributed by atoms with Crippen LogP contribution >= 0.6 is 0 Å². The molecule has 7 heteroatoms. The van der Waals surface area contributed by atoms with Crippen LogP contribution in [0.5, 0.6) is 0 Å². The zero-order valence-corrected chi connectivity index (χ0v) is 21.7. The van der Waals surface area contributed by atoms with Gasteiger partial charge in [0.15, 0.2) is 0 Å². The molecule has 0 aliphatic rings. The Morgan fingerprint density at radius 1 is 0.857 bits per heavy atom. The number of hydrogen-bond acceptors (Lipinski definition) is 5. The van der Waals surface area contributed by atoms with Gasteiger partial charge in [-0.3, -0.25) is 4.79 Å². The van der Waals surface area contributed by atoms with E-state index in [9.17, 15) is 17.8 Å². The molecule has 0 rings (SSSR count). The van der Waals surface area contributed by atoms with Crippen LogP contribution in [0.3, 0.4) is 0 Å². The summed E-state index contributed by atoms with van der Waals surface area (Å²) in [6, 6.07) is 0. The van der Waals surface area contributed by atoms with Gasteiger partial charge in [0.25, 0.3) is 0 Å². The molecule has 0 amide bonds. The number of carbonyl (C=O) groups excluding carboxylic acids is 1. The number of ether oxygens (including phenoxy) is 1. The third-order valence-electron chi connectivity index (χ3n) is 5.51.